The van der Waals surface area contributed by atoms with E-state index in [0.717, 1.165) is 17.0 Å². The molecule has 2 atom stereocenters. The van der Waals surface area contributed by atoms with E-state index in [9.17, 15) is 0 Å². The molecule has 0 radical (unpaired) electrons. The predicted octanol–water partition coefficient (Wildman–Crippen LogP) is 2.76. The summed E-state index contributed by atoms with van der Waals surface area (Å²) < 4.78 is 0. The maximum absolute atomic E-state index is 9.10. The van der Waals surface area contributed by atoms with Crippen molar-refractivity contribution in [2.75, 3.05) is 6.61 Å². The van der Waals surface area contributed by atoms with Crippen LogP contribution in [0.3, 0.4) is 0 Å². The van der Waals surface area contributed by atoms with Crippen LogP contribution in [0.2, 0.25) is 5.02 Å². The second-order valence-corrected chi connectivity index (χ2v) is 4.10. The number of rotatable bonds is 5. The van der Waals surface area contributed by atoms with Crippen molar-refractivity contribution in [1.82, 2.24) is 5.32 Å². The second kappa shape index (κ2) is 6.11. The van der Waals surface area contributed by atoms with Crippen LogP contribution in [0.15, 0.2) is 24.3 Å². The van der Waals surface area contributed by atoms with Crippen LogP contribution in [0, 0.1) is 0 Å². The molecule has 1 rings (SSSR count). The zero-order valence-corrected chi connectivity index (χ0v) is 9.96. The van der Waals surface area contributed by atoms with Gasteiger partial charge < -0.3 is 10.4 Å². The number of nitrogens with one attached hydrogen (secondary N) is 1. The van der Waals surface area contributed by atoms with Crippen LogP contribution in [0.1, 0.15) is 31.9 Å². The fourth-order valence-electron chi connectivity index (χ4n) is 1.57. The van der Waals surface area contributed by atoms with Crippen LogP contribution in [-0.2, 0) is 0 Å². The third kappa shape index (κ3) is 3.49. The van der Waals surface area contributed by atoms with Gasteiger partial charge in [-0.25, -0.2) is 0 Å². The van der Waals surface area contributed by atoms with Crippen LogP contribution in [-0.4, -0.2) is 17.8 Å². The van der Waals surface area contributed by atoms with E-state index in [1.54, 1.807) is 0 Å². The lowest BCUT2D eigenvalue weighted by Crippen LogP contribution is -2.34. The second-order valence-electron chi connectivity index (χ2n) is 3.70. The fraction of sp³-hybridized carbons (Fsp3) is 0.500. The van der Waals surface area contributed by atoms with E-state index in [-0.39, 0.29) is 18.7 Å². The van der Waals surface area contributed by atoms with Gasteiger partial charge in [0.05, 0.1) is 6.61 Å². The first-order valence-corrected chi connectivity index (χ1v) is 5.68. The number of aliphatic hydroxyl groups excluding tert-OH is 1. The largest absolute Gasteiger partial charge is 0.395 e. The average Bonchev–Trinajstić information content (AvgIpc) is 2.26. The van der Waals surface area contributed by atoms with E-state index in [0.29, 0.717) is 0 Å². The van der Waals surface area contributed by atoms with Gasteiger partial charge in [-0.3, -0.25) is 0 Å². The Balaban J connectivity index is 2.68. The molecule has 1 aromatic rings. The van der Waals surface area contributed by atoms with Gasteiger partial charge in [-0.15, -0.1) is 0 Å². The summed E-state index contributed by atoms with van der Waals surface area (Å²) in [6.07, 6.45) is 0.908. The molecule has 0 bridgehead atoms. The van der Waals surface area contributed by atoms with Crippen molar-refractivity contribution in [2.45, 2.75) is 32.4 Å². The number of hydrogen-bond acceptors (Lipinski definition) is 2. The van der Waals surface area contributed by atoms with Crippen molar-refractivity contribution in [1.29, 1.82) is 0 Å². The summed E-state index contributed by atoms with van der Waals surface area (Å²) in [6.45, 7) is 4.26. The van der Waals surface area contributed by atoms with Crippen LogP contribution in [0.25, 0.3) is 0 Å². The van der Waals surface area contributed by atoms with Crippen molar-refractivity contribution in [3.63, 3.8) is 0 Å². The molecule has 2 nitrogen and oxygen atoms in total. The van der Waals surface area contributed by atoms with Crippen molar-refractivity contribution < 1.29 is 5.11 Å². The zero-order chi connectivity index (χ0) is 11.3. The quantitative estimate of drug-likeness (QED) is 0.811. The molecule has 0 spiro atoms. The molecule has 15 heavy (non-hydrogen) atoms. The molecule has 84 valence electrons. The summed E-state index contributed by atoms with van der Waals surface area (Å²) >= 11 is 6.09. The lowest BCUT2D eigenvalue weighted by molar-refractivity contribution is 0.230. The van der Waals surface area contributed by atoms with E-state index in [2.05, 4.69) is 12.2 Å². The molecule has 0 fully saturated rings. The Morgan fingerprint density at radius 1 is 1.40 bits per heavy atom. The molecule has 2 N–H and O–H groups in total. The van der Waals surface area contributed by atoms with Gasteiger partial charge in [0.15, 0.2) is 0 Å². The fourth-order valence-corrected chi connectivity index (χ4v) is 1.87. The molecular weight excluding hydrogens is 210 g/mol. The Labute approximate surface area is 96.3 Å². The smallest absolute Gasteiger partial charge is 0.0584 e. The van der Waals surface area contributed by atoms with Gasteiger partial charge >= 0.3 is 0 Å². The van der Waals surface area contributed by atoms with Crippen molar-refractivity contribution in [3.8, 4) is 0 Å². The summed E-state index contributed by atoms with van der Waals surface area (Å²) in [6, 6.07) is 8.08. The third-order valence-corrected chi connectivity index (χ3v) is 2.91. The Kier molecular flexibility index (Phi) is 5.09. The summed E-state index contributed by atoms with van der Waals surface area (Å²) in [5.41, 5.74) is 1.08. The van der Waals surface area contributed by atoms with Crippen LogP contribution < -0.4 is 5.32 Å². The van der Waals surface area contributed by atoms with E-state index < -0.39 is 0 Å². The highest BCUT2D eigenvalue weighted by Crippen LogP contribution is 2.22. The Morgan fingerprint density at radius 2 is 2.07 bits per heavy atom. The maximum Gasteiger partial charge on any atom is 0.0584 e. The molecular formula is C12H18ClNO. The Hall–Kier alpha value is -0.570. The van der Waals surface area contributed by atoms with Gasteiger partial charge in [0.25, 0.3) is 0 Å². The Morgan fingerprint density at radius 3 is 2.60 bits per heavy atom. The topological polar surface area (TPSA) is 32.3 Å². The summed E-state index contributed by atoms with van der Waals surface area (Å²) in [5.74, 6) is 0. The van der Waals surface area contributed by atoms with Gasteiger partial charge in [-0.1, -0.05) is 36.7 Å². The lowest BCUT2D eigenvalue weighted by Gasteiger charge is -2.21. The number of halogens is 1. The molecule has 3 heteroatoms. The first-order valence-electron chi connectivity index (χ1n) is 5.30. The van der Waals surface area contributed by atoms with E-state index >= 15 is 0 Å². The molecule has 0 saturated heterocycles. The van der Waals surface area contributed by atoms with Crippen LogP contribution in [0.5, 0.6) is 0 Å². The average molecular weight is 228 g/mol. The standard InChI is InChI=1S/C12H18ClNO/c1-3-10(8-15)14-9(2)11-6-4-5-7-12(11)13/h4-7,9-10,14-15H,3,8H2,1-2H3. The molecule has 0 heterocycles. The van der Waals surface area contributed by atoms with Crippen LogP contribution in [0.4, 0.5) is 0 Å². The molecule has 0 aliphatic rings. The minimum absolute atomic E-state index is 0.135. The summed E-state index contributed by atoms with van der Waals surface area (Å²) in [4.78, 5) is 0. The SMILES string of the molecule is CCC(CO)NC(C)c1ccccc1Cl. The first-order chi connectivity index (χ1) is 7.19. The molecule has 2 unspecified atom stereocenters. The highest BCUT2D eigenvalue weighted by molar-refractivity contribution is 6.31. The maximum atomic E-state index is 9.10. The molecule has 0 aliphatic carbocycles. The minimum Gasteiger partial charge on any atom is -0.395 e. The molecule has 1 aromatic carbocycles. The first kappa shape index (κ1) is 12.5. The number of hydrogen-bond donors (Lipinski definition) is 2. The molecule has 0 saturated carbocycles. The summed E-state index contributed by atoms with van der Waals surface area (Å²) in [5, 5.41) is 13.2. The normalized spacial score (nSPS) is 14.9. The highest BCUT2D eigenvalue weighted by Gasteiger charge is 2.12. The van der Waals surface area contributed by atoms with Gasteiger partial charge in [0.1, 0.15) is 0 Å². The van der Waals surface area contributed by atoms with E-state index in [1.165, 1.54) is 0 Å². The highest BCUT2D eigenvalue weighted by atomic mass is 35.5. The van der Waals surface area contributed by atoms with E-state index in [1.807, 2.05) is 31.2 Å². The monoisotopic (exact) mass is 227 g/mol. The van der Waals surface area contributed by atoms with Crippen molar-refractivity contribution >= 4 is 11.6 Å². The molecule has 0 aliphatic heterocycles. The van der Waals surface area contributed by atoms with Crippen molar-refractivity contribution in [2.24, 2.45) is 0 Å². The van der Waals surface area contributed by atoms with Gasteiger partial charge in [-0.05, 0) is 25.0 Å². The minimum atomic E-state index is 0.135. The lowest BCUT2D eigenvalue weighted by atomic mass is 10.1. The van der Waals surface area contributed by atoms with E-state index in [4.69, 9.17) is 16.7 Å². The van der Waals surface area contributed by atoms with Gasteiger partial charge in [0.2, 0.25) is 0 Å². The van der Waals surface area contributed by atoms with Gasteiger partial charge in [0, 0.05) is 17.1 Å². The summed E-state index contributed by atoms with van der Waals surface area (Å²) in [7, 11) is 0. The number of benzene rings is 1. The number of aliphatic hydroxyl groups is 1. The molecule has 0 aromatic heterocycles. The van der Waals surface area contributed by atoms with Crippen molar-refractivity contribution in [3.05, 3.63) is 34.9 Å². The Bertz CT molecular complexity index is 299. The van der Waals surface area contributed by atoms with Gasteiger partial charge in [-0.2, -0.15) is 0 Å². The predicted molar refractivity (Wildman–Crippen MR) is 64.2 cm³/mol. The molecule has 0 amide bonds. The zero-order valence-electron chi connectivity index (χ0n) is 9.20. The van der Waals surface area contributed by atoms with Crippen LogP contribution >= 0.6 is 11.6 Å². The third-order valence-electron chi connectivity index (χ3n) is 2.57.